The SMILES string of the molecule is CCCOc1ccc(C(F)(F)F)cc1NC(=O)C1CC(=O)N(CC)C1. The summed E-state index contributed by atoms with van der Waals surface area (Å²) in [6.45, 7) is 4.76. The summed E-state index contributed by atoms with van der Waals surface area (Å²) in [5.74, 6) is -1.01. The number of hydrogen-bond donors (Lipinski definition) is 1. The van der Waals surface area contributed by atoms with Crippen molar-refractivity contribution in [2.75, 3.05) is 25.0 Å². The first-order valence-electron chi connectivity index (χ1n) is 8.19. The molecule has 0 aliphatic carbocycles. The van der Waals surface area contributed by atoms with Gasteiger partial charge in [-0.2, -0.15) is 13.2 Å². The largest absolute Gasteiger partial charge is 0.491 e. The molecule has 138 valence electrons. The molecule has 5 nitrogen and oxygen atoms in total. The van der Waals surface area contributed by atoms with E-state index in [9.17, 15) is 22.8 Å². The number of carbonyl (C=O) groups is 2. The first kappa shape index (κ1) is 19.1. The Morgan fingerprint density at radius 1 is 1.36 bits per heavy atom. The fraction of sp³-hybridized carbons (Fsp3) is 0.529. The summed E-state index contributed by atoms with van der Waals surface area (Å²) < 4.78 is 44.2. The second-order valence-corrected chi connectivity index (χ2v) is 5.88. The zero-order valence-electron chi connectivity index (χ0n) is 14.2. The number of amides is 2. The van der Waals surface area contributed by atoms with Crippen LogP contribution >= 0.6 is 0 Å². The summed E-state index contributed by atoms with van der Waals surface area (Å²) in [7, 11) is 0. The third-order valence-electron chi connectivity index (χ3n) is 3.99. The van der Waals surface area contributed by atoms with Crippen LogP contribution in [0.3, 0.4) is 0 Å². The Morgan fingerprint density at radius 3 is 2.64 bits per heavy atom. The molecule has 1 unspecified atom stereocenters. The Morgan fingerprint density at radius 2 is 2.08 bits per heavy atom. The maximum absolute atomic E-state index is 12.9. The number of rotatable bonds is 6. The van der Waals surface area contributed by atoms with Gasteiger partial charge in [-0.15, -0.1) is 0 Å². The molecule has 0 radical (unpaired) electrons. The van der Waals surface area contributed by atoms with Crippen LogP contribution in [-0.4, -0.2) is 36.4 Å². The van der Waals surface area contributed by atoms with Crippen molar-refractivity contribution >= 4 is 17.5 Å². The van der Waals surface area contributed by atoms with E-state index in [0.29, 0.717) is 19.6 Å². The second-order valence-electron chi connectivity index (χ2n) is 5.88. The summed E-state index contributed by atoms with van der Waals surface area (Å²) in [6.07, 6.45) is -3.79. The van der Waals surface area contributed by atoms with Crippen LogP contribution in [-0.2, 0) is 15.8 Å². The maximum Gasteiger partial charge on any atom is 0.416 e. The average Bonchev–Trinajstić information content (AvgIpc) is 2.93. The molecule has 25 heavy (non-hydrogen) atoms. The van der Waals surface area contributed by atoms with E-state index >= 15 is 0 Å². The number of hydrogen-bond acceptors (Lipinski definition) is 3. The van der Waals surface area contributed by atoms with Crippen molar-refractivity contribution in [2.45, 2.75) is 32.9 Å². The molecule has 1 saturated heterocycles. The number of nitrogens with zero attached hydrogens (tertiary/aromatic N) is 1. The lowest BCUT2D eigenvalue weighted by Crippen LogP contribution is -2.28. The van der Waals surface area contributed by atoms with E-state index in [2.05, 4.69) is 5.32 Å². The normalized spacial score (nSPS) is 17.7. The van der Waals surface area contributed by atoms with Crippen LogP contribution in [0, 0.1) is 5.92 Å². The number of benzene rings is 1. The molecular weight excluding hydrogens is 337 g/mol. The van der Waals surface area contributed by atoms with Crippen molar-refractivity contribution in [2.24, 2.45) is 5.92 Å². The zero-order chi connectivity index (χ0) is 18.6. The minimum atomic E-state index is -4.52. The summed E-state index contributed by atoms with van der Waals surface area (Å²) in [4.78, 5) is 25.7. The molecule has 0 bridgehead atoms. The molecule has 0 aromatic heterocycles. The predicted molar refractivity (Wildman–Crippen MR) is 86.2 cm³/mol. The van der Waals surface area contributed by atoms with Crippen molar-refractivity contribution in [3.05, 3.63) is 23.8 Å². The Kier molecular flexibility index (Phi) is 5.92. The summed E-state index contributed by atoms with van der Waals surface area (Å²) in [6, 6.07) is 2.97. The van der Waals surface area contributed by atoms with Crippen LogP contribution in [0.1, 0.15) is 32.3 Å². The number of likely N-dealkylation sites (tertiary alicyclic amines) is 1. The van der Waals surface area contributed by atoms with E-state index in [1.807, 2.05) is 13.8 Å². The molecule has 2 amide bonds. The number of nitrogens with one attached hydrogen (secondary N) is 1. The lowest BCUT2D eigenvalue weighted by atomic mass is 10.1. The number of anilines is 1. The van der Waals surface area contributed by atoms with Crippen molar-refractivity contribution in [3.63, 3.8) is 0 Å². The van der Waals surface area contributed by atoms with Gasteiger partial charge in [-0.05, 0) is 31.5 Å². The van der Waals surface area contributed by atoms with Crippen LogP contribution in [0.15, 0.2) is 18.2 Å². The summed E-state index contributed by atoms with van der Waals surface area (Å²) >= 11 is 0. The predicted octanol–water partition coefficient (Wildman–Crippen LogP) is 3.30. The van der Waals surface area contributed by atoms with E-state index in [4.69, 9.17) is 4.74 Å². The van der Waals surface area contributed by atoms with Crippen LogP contribution in [0.2, 0.25) is 0 Å². The van der Waals surface area contributed by atoms with Crippen molar-refractivity contribution < 1.29 is 27.5 Å². The fourth-order valence-electron chi connectivity index (χ4n) is 2.63. The number of halogens is 3. The van der Waals surface area contributed by atoms with E-state index < -0.39 is 23.6 Å². The van der Waals surface area contributed by atoms with Gasteiger partial charge < -0.3 is 15.0 Å². The minimum Gasteiger partial charge on any atom is -0.491 e. The monoisotopic (exact) mass is 358 g/mol. The van der Waals surface area contributed by atoms with Gasteiger partial charge >= 0.3 is 6.18 Å². The molecule has 1 aromatic carbocycles. The van der Waals surface area contributed by atoms with E-state index in [1.165, 1.54) is 6.07 Å². The van der Waals surface area contributed by atoms with Gasteiger partial charge in [-0.25, -0.2) is 0 Å². The second kappa shape index (κ2) is 7.76. The van der Waals surface area contributed by atoms with Gasteiger partial charge in [-0.1, -0.05) is 6.92 Å². The van der Waals surface area contributed by atoms with Gasteiger partial charge in [0.15, 0.2) is 0 Å². The number of alkyl halides is 3. The van der Waals surface area contributed by atoms with Crippen LogP contribution in [0.25, 0.3) is 0 Å². The zero-order valence-corrected chi connectivity index (χ0v) is 14.2. The standard InChI is InChI=1S/C17H21F3N2O3/c1-3-7-25-14-6-5-12(17(18,19)20)9-13(14)21-16(24)11-8-15(23)22(4-2)10-11/h5-6,9,11H,3-4,7-8,10H2,1-2H3,(H,21,24). The number of ether oxygens (including phenoxy) is 1. The van der Waals surface area contributed by atoms with Gasteiger partial charge in [0, 0.05) is 19.5 Å². The Bertz CT molecular complexity index is 647. The lowest BCUT2D eigenvalue weighted by molar-refractivity contribution is -0.137. The fourth-order valence-corrected chi connectivity index (χ4v) is 2.63. The van der Waals surface area contributed by atoms with Gasteiger partial charge in [0.2, 0.25) is 11.8 Å². The smallest absolute Gasteiger partial charge is 0.416 e. The molecule has 1 N–H and O–H groups in total. The van der Waals surface area contributed by atoms with Crippen molar-refractivity contribution in [1.82, 2.24) is 4.90 Å². The van der Waals surface area contributed by atoms with Gasteiger partial charge in [-0.3, -0.25) is 9.59 Å². The molecule has 1 atom stereocenters. The van der Waals surface area contributed by atoms with Gasteiger partial charge in [0.25, 0.3) is 0 Å². The van der Waals surface area contributed by atoms with Crippen molar-refractivity contribution in [1.29, 1.82) is 0 Å². The van der Waals surface area contributed by atoms with Gasteiger partial charge in [0.1, 0.15) is 5.75 Å². The highest BCUT2D eigenvalue weighted by atomic mass is 19.4. The van der Waals surface area contributed by atoms with Crippen LogP contribution in [0.4, 0.5) is 18.9 Å². The Labute approximate surface area is 144 Å². The molecule has 1 aliphatic rings. The highest BCUT2D eigenvalue weighted by molar-refractivity contribution is 5.98. The minimum absolute atomic E-state index is 0.0318. The average molecular weight is 358 g/mol. The summed E-state index contributed by atoms with van der Waals surface area (Å²) in [5, 5.41) is 2.50. The Balaban J connectivity index is 2.20. The number of carbonyl (C=O) groups excluding carboxylic acids is 2. The summed E-state index contributed by atoms with van der Waals surface area (Å²) in [5.41, 5.74) is -0.903. The molecule has 1 fully saturated rings. The Hall–Kier alpha value is -2.25. The molecule has 1 aliphatic heterocycles. The highest BCUT2D eigenvalue weighted by Gasteiger charge is 2.35. The third kappa shape index (κ3) is 4.64. The quantitative estimate of drug-likeness (QED) is 0.849. The molecule has 1 heterocycles. The molecule has 8 heteroatoms. The van der Waals surface area contributed by atoms with Crippen LogP contribution in [0.5, 0.6) is 5.75 Å². The first-order valence-corrected chi connectivity index (χ1v) is 8.19. The van der Waals surface area contributed by atoms with E-state index in [1.54, 1.807) is 4.90 Å². The third-order valence-corrected chi connectivity index (χ3v) is 3.99. The van der Waals surface area contributed by atoms with Crippen LogP contribution < -0.4 is 10.1 Å². The lowest BCUT2D eigenvalue weighted by Gasteiger charge is -2.17. The van der Waals surface area contributed by atoms with E-state index in [0.717, 1.165) is 12.1 Å². The topological polar surface area (TPSA) is 58.6 Å². The molecule has 2 rings (SSSR count). The van der Waals surface area contributed by atoms with Gasteiger partial charge in [0.05, 0.1) is 23.8 Å². The molecule has 0 spiro atoms. The van der Waals surface area contributed by atoms with E-state index in [-0.39, 0.29) is 30.3 Å². The first-order chi connectivity index (χ1) is 11.8. The van der Waals surface area contributed by atoms with Crippen molar-refractivity contribution in [3.8, 4) is 5.75 Å². The molecule has 1 aromatic rings. The molecule has 0 saturated carbocycles. The maximum atomic E-state index is 12.9. The molecular formula is C17H21F3N2O3. The highest BCUT2D eigenvalue weighted by Crippen LogP contribution is 2.35.